The molecular weight excluding hydrogens is 566 g/mol. The molecule has 1 N–H and O–H groups in total. The van der Waals surface area contributed by atoms with Gasteiger partial charge in [-0.25, -0.2) is 8.78 Å². The fourth-order valence-corrected chi connectivity index (χ4v) is 5.03. The quantitative estimate of drug-likeness (QED) is 0.286. The number of anilines is 2. The van der Waals surface area contributed by atoms with E-state index in [0.29, 0.717) is 48.7 Å². The molecular formula is C34H32F2N4O4. The predicted molar refractivity (Wildman–Crippen MR) is 164 cm³/mol. The highest BCUT2D eigenvalue weighted by atomic mass is 19.1. The normalized spacial score (nSPS) is 12.9. The molecule has 1 saturated heterocycles. The van der Waals surface area contributed by atoms with E-state index < -0.39 is 23.4 Å². The Morgan fingerprint density at radius 2 is 1.48 bits per heavy atom. The summed E-state index contributed by atoms with van der Waals surface area (Å²) in [6.07, 6.45) is 0. The molecule has 0 radical (unpaired) electrons. The van der Waals surface area contributed by atoms with Gasteiger partial charge in [-0.2, -0.15) is 0 Å². The monoisotopic (exact) mass is 598 g/mol. The molecule has 4 aromatic carbocycles. The lowest BCUT2D eigenvalue weighted by atomic mass is 10.1. The van der Waals surface area contributed by atoms with Crippen molar-refractivity contribution in [3.8, 4) is 5.75 Å². The van der Waals surface area contributed by atoms with E-state index in [4.69, 9.17) is 4.74 Å². The summed E-state index contributed by atoms with van der Waals surface area (Å²) in [5.41, 5.74) is 2.85. The van der Waals surface area contributed by atoms with Crippen molar-refractivity contribution in [2.75, 3.05) is 50.1 Å². The van der Waals surface area contributed by atoms with E-state index in [9.17, 15) is 23.2 Å². The van der Waals surface area contributed by atoms with Gasteiger partial charge >= 0.3 is 0 Å². The van der Waals surface area contributed by atoms with Crippen molar-refractivity contribution in [1.82, 2.24) is 9.80 Å². The lowest BCUT2D eigenvalue weighted by Gasteiger charge is -2.36. The van der Waals surface area contributed by atoms with Crippen molar-refractivity contribution < 1.29 is 27.9 Å². The standard InChI is InChI=1S/C34H32F2N4O4/c1-44-31-15-7-25(8-16-31)33(42)39-19-17-38(18-20-39)30-13-11-29(12-14-30)37-32(41)23-40(22-24-5-9-27(35)10-6-24)34(43)26-3-2-4-28(36)21-26/h2-16,21H,17-20,22-23H2,1H3,(H,37,41). The van der Waals surface area contributed by atoms with Crippen LogP contribution in [0.5, 0.6) is 5.75 Å². The summed E-state index contributed by atoms with van der Waals surface area (Å²) in [6, 6.07) is 25.3. The third-order valence-corrected chi connectivity index (χ3v) is 7.40. The molecule has 1 aliphatic rings. The van der Waals surface area contributed by atoms with E-state index in [1.54, 1.807) is 43.5 Å². The van der Waals surface area contributed by atoms with E-state index in [0.717, 1.165) is 11.8 Å². The molecule has 1 heterocycles. The first-order valence-corrected chi connectivity index (χ1v) is 14.2. The van der Waals surface area contributed by atoms with Crippen LogP contribution in [-0.2, 0) is 11.3 Å². The Labute approximate surface area is 254 Å². The van der Waals surface area contributed by atoms with Crippen LogP contribution < -0.4 is 15.0 Å². The predicted octanol–water partition coefficient (Wildman–Crippen LogP) is 5.22. The van der Waals surface area contributed by atoms with Gasteiger partial charge < -0.3 is 24.8 Å². The Bertz CT molecular complexity index is 1600. The number of nitrogens with zero attached hydrogens (tertiary/aromatic N) is 3. The first kappa shape index (κ1) is 30.2. The van der Waals surface area contributed by atoms with E-state index in [1.807, 2.05) is 17.0 Å². The van der Waals surface area contributed by atoms with Gasteiger partial charge in [-0.05, 0) is 84.4 Å². The topological polar surface area (TPSA) is 82.2 Å². The number of hydrogen-bond acceptors (Lipinski definition) is 5. The second-order valence-corrected chi connectivity index (χ2v) is 10.4. The summed E-state index contributed by atoms with van der Waals surface area (Å²) in [7, 11) is 1.58. The molecule has 44 heavy (non-hydrogen) atoms. The molecule has 5 rings (SSSR count). The number of methoxy groups -OCH3 is 1. The molecule has 3 amide bonds. The molecule has 0 spiro atoms. The molecule has 0 saturated carbocycles. The molecule has 0 aromatic heterocycles. The Kier molecular flexibility index (Phi) is 9.49. The van der Waals surface area contributed by atoms with E-state index in [2.05, 4.69) is 10.2 Å². The average molecular weight is 599 g/mol. The summed E-state index contributed by atoms with van der Waals surface area (Å²) >= 11 is 0. The number of carbonyl (C=O) groups is 3. The molecule has 1 fully saturated rings. The van der Waals surface area contributed by atoms with Gasteiger partial charge in [0.1, 0.15) is 23.9 Å². The first-order valence-electron chi connectivity index (χ1n) is 14.2. The minimum absolute atomic E-state index is 0.0188. The van der Waals surface area contributed by atoms with Gasteiger partial charge in [-0.1, -0.05) is 18.2 Å². The van der Waals surface area contributed by atoms with Crippen LogP contribution in [0.25, 0.3) is 0 Å². The fraction of sp³-hybridized carbons (Fsp3) is 0.206. The molecule has 4 aromatic rings. The average Bonchev–Trinajstić information content (AvgIpc) is 3.05. The number of amides is 3. The molecule has 10 heteroatoms. The highest BCUT2D eigenvalue weighted by Gasteiger charge is 2.23. The number of halogens is 2. The van der Waals surface area contributed by atoms with Gasteiger partial charge in [-0.15, -0.1) is 0 Å². The van der Waals surface area contributed by atoms with Crippen LogP contribution in [0.15, 0.2) is 97.1 Å². The van der Waals surface area contributed by atoms with Crippen molar-refractivity contribution in [3.05, 3.63) is 125 Å². The van der Waals surface area contributed by atoms with Gasteiger partial charge in [0, 0.05) is 55.2 Å². The Hall–Kier alpha value is -5.25. The zero-order valence-electron chi connectivity index (χ0n) is 24.2. The second kappa shape index (κ2) is 13.8. The zero-order chi connectivity index (χ0) is 31.1. The Morgan fingerprint density at radius 3 is 2.11 bits per heavy atom. The van der Waals surface area contributed by atoms with Crippen molar-refractivity contribution in [3.63, 3.8) is 0 Å². The van der Waals surface area contributed by atoms with Crippen LogP contribution in [0, 0.1) is 11.6 Å². The molecule has 0 atom stereocenters. The van der Waals surface area contributed by atoms with Crippen LogP contribution in [-0.4, -0.2) is 67.4 Å². The van der Waals surface area contributed by atoms with E-state index in [1.165, 1.54) is 47.4 Å². The van der Waals surface area contributed by atoms with Crippen molar-refractivity contribution in [2.24, 2.45) is 0 Å². The largest absolute Gasteiger partial charge is 0.497 e. The second-order valence-electron chi connectivity index (χ2n) is 10.4. The number of ether oxygens (including phenoxy) is 1. The summed E-state index contributed by atoms with van der Waals surface area (Å²) in [5, 5.41) is 2.82. The van der Waals surface area contributed by atoms with Crippen LogP contribution in [0.1, 0.15) is 26.3 Å². The lowest BCUT2D eigenvalue weighted by molar-refractivity contribution is -0.117. The molecule has 0 unspecified atom stereocenters. The maximum atomic E-state index is 13.8. The molecule has 0 bridgehead atoms. The lowest BCUT2D eigenvalue weighted by Crippen LogP contribution is -2.48. The molecule has 8 nitrogen and oxygen atoms in total. The Morgan fingerprint density at radius 1 is 0.795 bits per heavy atom. The highest BCUT2D eigenvalue weighted by molar-refractivity contribution is 5.99. The van der Waals surface area contributed by atoms with Crippen LogP contribution in [0.3, 0.4) is 0 Å². The van der Waals surface area contributed by atoms with Gasteiger partial charge in [0.2, 0.25) is 5.91 Å². The van der Waals surface area contributed by atoms with Gasteiger partial charge in [0.25, 0.3) is 11.8 Å². The number of carbonyl (C=O) groups excluding carboxylic acids is 3. The van der Waals surface area contributed by atoms with Crippen LogP contribution >= 0.6 is 0 Å². The summed E-state index contributed by atoms with van der Waals surface area (Å²) in [6.45, 7) is 2.22. The highest BCUT2D eigenvalue weighted by Crippen LogP contribution is 2.21. The molecule has 226 valence electrons. The van der Waals surface area contributed by atoms with Crippen LogP contribution in [0.4, 0.5) is 20.2 Å². The van der Waals surface area contributed by atoms with Crippen molar-refractivity contribution in [1.29, 1.82) is 0 Å². The number of benzene rings is 4. The van der Waals surface area contributed by atoms with Gasteiger partial charge in [-0.3, -0.25) is 14.4 Å². The first-order chi connectivity index (χ1) is 21.3. The van der Waals surface area contributed by atoms with Crippen molar-refractivity contribution in [2.45, 2.75) is 6.54 Å². The fourth-order valence-electron chi connectivity index (χ4n) is 5.03. The maximum Gasteiger partial charge on any atom is 0.254 e. The smallest absolute Gasteiger partial charge is 0.254 e. The Balaban J connectivity index is 1.18. The summed E-state index contributed by atoms with van der Waals surface area (Å²) in [4.78, 5) is 44.4. The minimum Gasteiger partial charge on any atom is -0.497 e. The number of rotatable bonds is 9. The third kappa shape index (κ3) is 7.57. The van der Waals surface area contributed by atoms with E-state index >= 15 is 0 Å². The SMILES string of the molecule is COc1ccc(C(=O)N2CCN(c3ccc(NC(=O)CN(Cc4ccc(F)cc4)C(=O)c4cccc(F)c4)cc3)CC2)cc1. The van der Waals surface area contributed by atoms with Crippen LogP contribution in [0.2, 0.25) is 0 Å². The molecule has 0 aliphatic carbocycles. The number of nitrogens with one attached hydrogen (secondary N) is 1. The molecule has 1 aliphatic heterocycles. The minimum atomic E-state index is -0.563. The maximum absolute atomic E-state index is 13.8. The van der Waals surface area contributed by atoms with Gasteiger partial charge in [0.05, 0.1) is 7.11 Å². The van der Waals surface area contributed by atoms with E-state index in [-0.39, 0.29) is 24.6 Å². The number of hydrogen-bond donors (Lipinski definition) is 1. The summed E-state index contributed by atoms with van der Waals surface area (Å²) in [5.74, 6) is -1.26. The van der Waals surface area contributed by atoms with Gasteiger partial charge in [0.15, 0.2) is 0 Å². The summed E-state index contributed by atoms with van der Waals surface area (Å²) < 4.78 is 32.4. The third-order valence-electron chi connectivity index (χ3n) is 7.40. The number of piperazine rings is 1. The van der Waals surface area contributed by atoms with Crippen molar-refractivity contribution >= 4 is 29.1 Å². The zero-order valence-corrected chi connectivity index (χ0v) is 24.2.